The van der Waals surface area contributed by atoms with Gasteiger partial charge in [0.25, 0.3) is 0 Å². The fourth-order valence-corrected chi connectivity index (χ4v) is 1.89. The highest BCUT2D eigenvalue weighted by Crippen LogP contribution is 2.20. The molecule has 0 aromatic heterocycles. The van der Waals surface area contributed by atoms with E-state index in [0.29, 0.717) is 0 Å². The Morgan fingerprint density at radius 1 is 1.36 bits per heavy atom. The second-order valence-electron chi connectivity index (χ2n) is 3.13. The van der Waals surface area contributed by atoms with Crippen LogP contribution in [-0.4, -0.2) is 10.9 Å². The van der Waals surface area contributed by atoms with E-state index in [-0.39, 0.29) is 6.10 Å². The van der Waals surface area contributed by atoms with E-state index < -0.39 is 0 Å². The molecule has 14 heavy (non-hydrogen) atoms. The zero-order valence-electron chi connectivity index (χ0n) is 8.60. The van der Waals surface area contributed by atoms with Crippen molar-refractivity contribution in [1.82, 2.24) is 0 Å². The summed E-state index contributed by atoms with van der Waals surface area (Å²) in [6.45, 7) is 3.80. The third kappa shape index (κ3) is 3.56. The molecule has 0 saturated carbocycles. The molecule has 0 aliphatic heterocycles. The highest BCUT2D eigenvalue weighted by molar-refractivity contribution is 7.99. The van der Waals surface area contributed by atoms with Gasteiger partial charge in [-0.05, 0) is 31.5 Å². The van der Waals surface area contributed by atoms with Gasteiger partial charge >= 0.3 is 0 Å². The molecule has 1 aromatic rings. The van der Waals surface area contributed by atoms with Crippen molar-refractivity contribution in [2.45, 2.75) is 24.8 Å². The van der Waals surface area contributed by atoms with Crippen molar-refractivity contribution in [3.63, 3.8) is 0 Å². The SMILES string of the molecule is CC=CCSc1ccc(C(C)O)cc1. The van der Waals surface area contributed by atoms with Gasteiger partial charge in [0, 0.05) is 10.6 Å². The maximum Gasteiger partial charge on any atom is 0.0761 e. The van der Waals surface area contributed by atoms with Gasteiger partial charge in [0.15, 0.2) is 0 Å². The quantitative estimate of drug-likeness (QED) is 0.604. The Kier molecular flexibility index (Phi) is 4.77. The lowest BCUT2D eigenvalue weighted by Crippen LogP contribution is -1.89. The first-order valence-electron chi connectivity index (χ1n) is 4.76. The minimum atomic E-state index is -0.371. The van der Waals surface area contributed by atoms with Gasteiger partial charge in [-0.15, -0.1) is 11.8 Å². The van der Waals surface area contributed by atoms with E-state index in [1.165, 1.54) is 4.90 Å². The lowest BCUT2D eigenvalue weighted by atomic mass is 10.1. The predicted molar refractivity (Wildman–Crippen MR) is 62.6 cm³/mol. The van der Waals surface area contributed by atoms with Crippen molar-refractivity contribution in [1.29, 1.82) is 0 Å². The monoisotopic (exact) mass is 208 g/mol. The van der Waals surface area contributed by atoms with Crippen LogP contribution in [0.1, 0.15) is 25.5 Å². The van der Waals surface area contributed by atoms with E-state index in [0.717, 1.165) is 11.3 Å². The highest BCUT2D eigenvalue weighted by atomic mass is 32.2. The first kappa shape index (κ1) is 11.3. The van der Waals surface area contributed by atoms with Crippen LogP contribution in [0.15, 0.2) is 41.3 Å². The third-order valence-electron chi connectivity index (χ3n) is 1.94. The number of allylic oxidation sites excluding steroid dienone is 1. The maximum absolute atomic E-state index is 9.31. The molecular formula is C12H16OS. The molecule has 1 nitrogen and oxygen atoms in total. The molecule has 0 bridgehead atoms. The fourth-order valence-electron chi connectivity index (χ4n) is 1.08. The normalized spacial score (nSPS) is 13.4. The summed E-state index contributed by atoms with van der Waals surface area (Å²) in [7, 11) is 0. The summed E-state index contributed by atoms with van der Waals surface area (Å²) in [5.74, 6) is 1.00. The van der Waals surface area contributed by atoms with Crippen molar-refractivity contribution in [2.75, 3.05) is 5.75 Å². The second kappa shape index (κ2) is 5.89. The van der Waals surface area contributed by atoms with Crippen LogP contribution in [0.25, 0.3) is 0 Å². The summed E-state index contributed by atoms with van der Waals surface area (Å²) in [6.07, 6.45) is 3.81. The van der Waals surface area contributed by atoms with Gasteiger partial charge in [0.05, 0.1) is 6.10 Å². The number of hydrogen-bond donors (Lipinski definition) is 1. The average Bonchev–Trinajstić information content (AvgIpc) is 2.19. The summed E-state index contributed by atoms with van der Waals surface area (Å²) in [6, 6.07) is 8.05. The lowest BCUT2D eigenvalue weighted by molar-refractivity contribution is 0.199. The largest absolute Gasteiger partial charge is 0.389 e. The van der Waals surface area contributed by atoms with Crippen LogP contribution in [0.2, 0.25) is 0 Å². The lowest BCUT2D eigenvalue weighted by Gasteiger charge is -2.05. The molecule has 1 N–H and O–H groups in total. The van der Waals surface area contributed by atoms with E-state index in [4.69, 9.17) is 0 Å². The molecule has 1 rings (SSSR count). The molecule has 1 aromatic carbocycles. The Morgan fingerprint density at radius 2 is 2.00 bits per heavy atom. The molecular weight excluding hydrogens is 192 g/mol. The molecule has 0 aliphatic carbocycles. The van der Waals surface area contributed by atoms with Crippen LogP contribution in [-0.2, 0) is 0 Å². The standard InChI is InChI=1S/C12H16OS/c1-3-4-9-14-12-7-5-11(6-8-12)10(2)13/h3-8,10,13H,9H2,1-2H3. The zero-order valence-corrected chi connectivity index (χ0v) is 9.42. The number of thioether (sulfide) groups is 1. The number of aliphatic hydroxyl groups is 1. The molecule has 2 heteroatoms. The Balaban J connectivity index is 2.55. The van der Waals surface area contributed by atoms with Crippen molar-refractivity contribution in [3.05, 3.63) is 42.0 Å². The van der Waals surface area contributed by atoms with Crippen LogP contribution in [0, 0.1) is 0 Å². The Labute approximate surface area is 89.8 Å². The van der Waals surface area contributed by atoms with E-state index in [1.54, 1.807) is 18.7 Å². The van der Waals surface area contributed by atoms with Crippen molar-refractivity contribution >= 4 is 11.8 Å². The van der Waals surface area contributed by atoms with Gasteiger partial charge in [0.1, 0.15) is 0 Å². The van der Waals surface area contributed by atoms with E-state index in [9.17, 15) is 5.11 Å². The van der Waals surface area contributed by atoms with Crippen molar-refractivity contribution in [3.8, 4) is 0 Å². The van der Waals surface area contributed by atoms with Crippen molar-refractivity contribution in [2.24, 2.45) is 0 Å². The first-order chi connectivity index (χ1) is 6.74. The fraction of sp³-hybridized carbons (Fsp3) is 0.333. The minimum Gasteiger partial charge on any atom is -0.389 e. The Bertz CT molecular complexity index is 288. The molecule has 1 unspecified atom stereocenters. The van der Waals surface area contributed by atoms with Crippen LogP contribution in [0.5, 0.6) is 0 Å². The van der Waals surface area contributed by atoms with Gasteiger partial charge in [-0.1, -0.05) is 24.3 Å². The van der Waals surface area contributed by atoms with Crippen LogP contribution in [0.4, 0.5) is 0 Å². The van der Waals surface area contributed by atoms with E-state index in [1.807, 2.05) is 19.1 Å². The highest BCUT2D eigenvalue weighted by Gasteiger charge is 1.99. The molecule has 0 heterocycles. The number of rotatable bonds is 4. The average molecular weight is 208 g/mol. The van der Waals surface area contributed by atoms with Gasteiger partial charge in [0.2, 0.25) is 0 Å². The number of benzene rings is 1. The topological polar surface area (TPSA) is 20.2 Å². The maximum atomic E-state index is 9.31. The molecule has 0 amide bonds. The second-order valence-corrected chi connectivity index (χ2v) is 4.22. The zero-order chi connectivity index (χ0) is 10.4. The molecule has 76 valence electrons. The van der Waals surface area contributed by atoms with Gasteiger partial charge in [-0.2, -0.15) is 0 Å². The van der Waals surface area contributed by atoms with Crippen LogP contribution >= 0.6 is 11.8 Å². The van der Waals surface area contributed by atoms with Gasteiger partial charge in [-0.25, -0.2) is 0 Å². The summed E-state index contributed by atoms with van der Waals surface area (Å²) in [5.41, 5.74) is 0.973. The Morgan fingerprint density at radius 3 is 2.50 bits per heavy atom. The summed E-state index contributed by atoms with van der Waals surface area (Å²) >= 11 is 1.80. The molecule has 1 atom stereocenters. The smallest absolute Gasteiger partial charge is 0.0761 e. The summed E-state index contributed by atoms with van der Waals surface area (Å²) in [4.78, 5) is 1.24. The molecule has 0 spiro atoms. The number of aliphatic hydroxyl groups excluding tert-OH is 1. The van der Waals surface area contributed by atoms with Gasteiger partial charge < -0.3 is 5.11 Å². The predicted octanol–water partition coefficient (Wildman–Crippen LogP) is 3.41. The van der Waals surface area contributed by atoms with Gasteiger partial charge in [-0.3, -0.25) is 0 Å². The minimum absolute atomic E-state index is 0.371. The molecule has 0 fully saturated rings. The molecule has 0 saturated heterocycles. The molecule has 0 radical (unpaired) electrons. The van der Waals surface area contributed by atoms with Crippen LogP contribution < -0.4 is 0 Å². The van der Waals surface area contributed by atoms with Crippen molar-refractivity contribution < 1.29 is 5.11 Å². The van der Waals surface area contributed by atoms with E-state index >= 15 is 0 Å². The summed E-state index contributed by atoms with van der Waals surface area (Å²) < 4.78 is 0. The first-order valence-corrected chi connectivity index (χ1v) is 5.74. The van der Waals surface area contributed by atoms with E-state index in [2.05, 4.69) is 24.3 Å². The Hall–Kier alpha value is -0.730. The number of hydrogen-bond acceptors (Lipinski definition) is 2. The molecule has 0 aliphatic rings. The third-order valence-corrected chi connectivity index (χ3v) is 2.91. The summed E-state index contributed by atoms with van der Waals surface area (Å²) in [5, 5.41) is 9.31. The van der Waals surface area contributed by atoms with Crippen LogP contribution in [0.3, 0.4) is 0 Å².